The normalized spacial score (nSPS) is 20.9. The molecule has 2 heteroatoms. The van der Waals surface area contributed by atoms with Crippen molar-refractivity contribution >= 4 is 5.71 Å². The summed E-state index contributed by atoms with van der Waals surface area (Å²) in [6.45, 7) is -0.121. The Morgan fingerprint density at radius 2 is 2.62 bits per heavy atom. The Balaban J connectivity index is 2.51. The minimum absolute atomic E-state index is 0.121. The Morgan fingerprint density at radius 3 is 3.12 bits per heavy atom. The van der Waals surface area contributed by atoms with Crippen molar-refractivity contribution in [1.29, 1.82) is 0 Å². The van der Waals surface area contributed by atoms with Crippen LogP contribution in [-0.2, 0) is 0 Å². The molecule has 0 aromatic heterocycles. The Kier molecular flexibility index (Phi) is 1.66. The highest BCUT2D eigenvalue weighted by molar-refractivity contribution is 6.02. The van der Waals surface area contributed by atoms with E-state index in [0.29, 0.717) is 0 Å². The summed E-state index contributed by atoms with van der Waals surface area (Å²) in [4.78, 5) is 3.72. The average Bonchev–Trinajstić information content (AvgIpc) is 2.19. The van der Waals surface area contributed by atoms with Gasteiger partial charge in [-0.3, -0.25) is 4.99 Å². The van der Waals surface area contributed by atoms with Gasteiger partial charge in [-0.15, -0.1) is 0 Å². The van der Waals surface area contributed by atoms with Crippen LogP contribution in [0.1, 0.15) is 12.8 Å². The molecule has 42 valence electrons. The van der Waals surface area contributed by atoms with Gasteiger partial charge in [0.1, 0.15) is 6.73 Å². The average molecular weight is 109 g/mol. The molecule has 0 heterocycles. The third-order valence-electron chi connectivity index (χ3n) is 0.981. The fraction of sp³-hybridized carbons (Fsp3) is 0.500. The third-order valence-corrected chi connectivity index (χ3v) is 0.981. The highest BCUT2D eigenvalue weighted by atomic mass is 16.3. The smallest absolute Gasteiger partial charge is 0.135 e. The number of rotatable bonds is 1. The molecule has 0 atom stereocenters. The molecular weight excluding hydrogens is 102 g/mol. The molecule has 1 aliphatic carbocycles. The van der Waals surface area contributed by atoms with Crippen molar-refractivity contribution in [2.24, 2.45) is 4.99 Å². The standard InChI is InChI=1S/C6H7NO/c8-5-7-6-3-1-2-4-6/h8H,1,3,5H2/b7-6-. The summed E-state index contributed by atoms with van der Waals surface area (Å²) in [5.74, 6) is 5.66. The Labute approximate surface area is 48.2 Å². The van der Waals surface area contributed by atoms with Gasteiger partial charge in [0, 0.05) is 12.8 Å². The molecule has 0 saturated heterocycles. The molecule has 0 aliphatic heterocycles. The van der Waals surface area contributed by atoms with Crippen molar-refractivity contribution in [1.82, 2.24) is 0 Å². The molecule has 8 heavy (non-hydrogen) atoms. The minimum Gasteiger partial charge on any atom is -0.375 e. The largest absolute Gasteiger partial charge is 0.375 e. The summed E-state index contributed by atoms with van der Waals surface area (Å²) in [6.07, 6.45) is 1.79. The third kappa shape index (κ3) is 1.08. The number of hydrogen-bond donors (Lipinski definition) is 1. The number of nitrogens with zero attached hydrogens (tertiary/aromatic N) is 1. The second-order valence-corrected chi connectivity index (χ2v) is 1.55. The molecule has 0 amide bonds. The van der Waals surface area contributed by atoms with E-state index in [-0.39, 0.29) is 6.73 Å². The molecule has 1 rings (SSSR count). The van der Waals surface area contributed by atoms with Crippen LogP contribution >= 0.6 is 0 Å². The molecule has 0 bridgehead atoms. The van der Waals surface area contributed by atoms with Gasteiger partial charge in [-0.2, -0.15) is 0 Å². The van der Waals surface area contributed by atoms with Gasteiger partial charge in [0.2, 0.25) is 0 Å². The fourth-order valence-corrected chi connectivity index (χ4v) is 0.612. The van der Waals surface area contributed by atoms with Crippen LogP contribution in [0.25, 0.3) is 0 Å². The SMILES string of the molecule is OC/N=C1\C#CCC1. The lowest BCUT2D eigenvalue weighted by Gasteiger charge is -1.84. The van der Waals surface area contributed by atoms with Crippen molar-refractivity contribution in [3.8, 4) is 11.8 Å². The maximum absolute atomic E-state index is 8.27. The fourth-order valence-electron chi connectivity index (χ4n) is 0.612. The van der Waals surface area contributed by atoms with Crippen LogP contribution in [0.3, 0.4) is 0 Å². The minimum atomic E-state index is -0.121. The lowest BCUT2D eigenvalue weighted by atomic mass is 10.3. The van der Waals surface area contributed by atoms with Gasteiger partial charge in [-0.05, 0) is 0 Å². The van der Waals surface area contributed by atoms with Crippen molar-refractivity contribution < 1.29 is 5.11 Å². The molecule has 0 spiro atoms. The molecule has 0 saturated carbocycles. The molecule has 2 nitrogen and oxygen atoms in total. The van der Waals surface area contributed by atoms with E-state index >= 15 is 0 Å². The maximum atomic E-state index is 8.27. The van der Waals surface area contributed by atoms with E-state index in [9.17, 15) is 0 Å². The highest BCUT2D eigenvalue weighted by Crippen LogP contribution is 1.97. The zero-order valence-electron chi connectivity index (χ0n) is 4.52. The van der Waals surface area contributed by atoms with Crippen LogP contribution in [0, 0.1) is 11.8 Å². The molecule has 0 unspecified atom stereocenters. The summed E-state index contributed by atoms with van der Waals surface area (Å²) >= 11 is 0. The van der Waals surface area contributed by atoms with Crippen LogP contribution in [0.2, 0.25) is 0 Å². The zero-order valence-corrected chi connectivity index (χ0v) is 4.52. The zero-order chi connectivity index (χ0) is 5.82. The predicted octanol–water partition coefficient (Wildman–Crippen LogP) is 0.174. The molecule has 1 N–H and O–H groups in total. The summed E-state index contributed by atoms with van der Waals surface area (Å²) in [5, 5.41) is 8.27. The first kappa shape index (κ1) is 5.33. The monoisotopic (exact) mass is 109 g/mol. The molecule has 1 aliphatic rings. The lowest BCUT2D eigenvalue weighted by Crippen LogP contribution is -1.89. The van der Waals surface area contributed by atoms with Gasteiger partial charge in [-0.25, -0.2) is 0 Å². The highest BCUT2D eigenvalue weighted by Gasteiger charge is 1.96. The van der Waals surface area contributed by atoms with Gasteiger partial charge in [0.25, 0.3) is 0 Å². The van der Waals surface area contributed by atoms with Crippen LogP contribution in [0.5, 0.6) is 0 Å². The summed E-state index contributed by atoms with van der Waals surface area (Å²) in [6, 6.07) is 0. The summed E-state index contributed by atoms with van der Waals surface area (Å²) in [7, 11) is 0. The van der Waals surface area contributed by atoms with E-state index in [1.807, 2.05) is 0 Å². The predicted molar refractivity (Wildman–Crippen MR) is 31.5 cm³/mol. The number of aliphatic hydroxyl groups is 1. The summed E-state index contributed by atoms with van der Waals surface area (Å²) in [5.41, 5.74) is 0.840. The van der Waals surface area contributed by atoms with Crippen molar-refractivity contribution in [3.63, 3.8) is 0 Å². The van der Waals surface area contributed by atoms with Gasteiger partial charge in [0.15, 0.2) is 0 Å². The first-order valence-electron chi connectivity index (χ1n) is 2.56. The molecule has 0 aromatic carbocycles. The lowest BCUT2D eigenvalue weighted by molar-refractivity contribution is 0.309. The molecular formula is C6H7NO. The van der Waals surface area contributed by atoms with Gasteiger partial charge in [0.05, 0.1) is 5.71 Å². The van der Waals surface area contributed by atoms with E-state index in [0.717, 1.165) is 18.6 Å². The van der Waals surface area contributed by atoms with E-state index in [4.69, 9.17) is 5.11 Å². The van der Waals surface area contributed by atoms with E-state index < -0.39 is 0 Å². The Bertz CT molecular complexity index is 161. The first-order chi connectivity index (χ1) is 3.93. The van der Waals surface area contributed by atoms with Crippen LogP contribution in [-0.4, -0.2) is 17.5 Å². The van der Waals surface area contributed by atoms with Gasteiger partial charge in [-0.1, -0.05) is 11.8 Å². The van der Waals surface area contributed by atoms with E-state index in [2.05, 4.69) is 16.8 Å². The molecule has 0 aromatic rings. The topological polar surface area (TPSA) is 32.6 Å². The maximum Gasteiger partial charge on any atom is 0.135 e. The van der Waals surface area contributed by atoms with Crippen molar-refractivity contribution in [2.45, 2.75) is 12.8 Å². The van der Waals surface area contributed by atoms with Crippen LogP contribution in [0.15, 0.2) is 4.99 Å². The number of hydrogen-bond acceptors (Lipinski definition) is 2. The van der Waals surface area contributed by atoms with Crippen LogP contribution in [0.4, 0.5) is 0 Å². The molecule has 0 fully saturated rings. The van der Waals surface area contributed by atoms with Gasteiger partial charge < -0.3 is 5.11 Å². The van der Waals surface area contributed by atoms with Crippen LogP contribution < -0.4 is 0 Å². The second-order valence-electron chi connectivity index (χ2n) is 1.55. The number of aliphatic hydroxyl groups excluding tert-OH is 1. The van der Waals surface area contributed by atoms with Crippen molar-refractivity contribution in [3.05, 3.63) is 0 Å². The van der Waals surface area contributed by atoms with E-state index in [1.165, 1.54) is 0 Å². The Hall–Kier alpha value is -0.810. The Morgan fingerprint density at radius 1 is 1.75 bits per heavy atom. The number of aliphatic imine (C=N–C) groups is 1. The van der Waals surface area contributed by atoms with Gasteiger partial charge >= 0.3 is 0 Å². The van der Waals surface area contributed by atoms with Crippen molar-refractivity contribution in [2.75, 3.05) is 6.73 Å². The summed E-state index contributed by atoms with van der Waals surface area (Å²) < 4.78 is 0. The first-order valence-corrected chi connectivity index (χ1v) is 2.56. The quantitative estimate of drug-likeness (QED) is 0.478. The second kappa shape index (κ2) is 2.49. The van der Waals surface area contributed by atoms with E-state index in [1.54, 1.807) is 0 Å². The molecule has 0 radical (unpaired) electrons.